The summed E-state index contributed by atoms with van der Waals surface area (Å²) in [4.78, 5) is 0.296. The predicted molar refractivity (Wildman–Crippen MR) is 105 cm³/mol. The maximum Gasteiger partial charge on any atom is 0.242 e. The SMILES string of the molecule is COc1cc(CNCc2ccc(S(=O)(=O)N(C)C)cc2)c2c(c1)CC(C)O2. The summed E-state index contributed by atoms with van der Waals surface area (Å²) in [6.45, 7) is 3.33. The van der Waals surface area contributed by atoms with Crippen molar-refractivity contribution in [2.75, 3.05) is 21.2 Å². The van der Waals surface area contributed by atoms with Gasteiger partial charge < -0.3 is 14.8 Å². The number of benzene rings is 2. The van der Waals surface area contributed by atoms with E-state index in [2.05, 4.69) is 12.2 Å². The monoisotopic (exact) mass is 390 g/mol. The summed E-state index contributed by atoms with van der Waals surface area (Å²) in [6, 6.07) is 11.0. The molecule has 0 bridgehead atoms. The fourth-order valence-corrected chi connectivity index (χ4v) is 4.06. The molecular weight excluding hydrogens is 364 g/mol. The second kappa shape index (κ2) is 7.88. The summed E-state index contributed by atoms with van der Waals surface area (Å²) < 4.78 is 36.8. The third kappa shape index (κ3) is 4.26. The lowest BCUT2D eigenvalue weighted by molar-refractivity contribution is 0.252. The zero-order valence-corrected chi connectivity index (χ0v) is 17.0. The maximum atomic E-state index is 12.1. The Morgan fingerprint density at radius 2 is 1.89 bits per heavy atom. The molecule has 6 nitrogen and oxygen atoms in total. The molecule has 0 fully saturated rings. The van der Waals surface area contributed by atoms with Gasteiger partial charge in [0.15, 0.2) is 0 Å². The van der Waals surface area contributed by atoms with Crippen LogP contribution >= 0.6 is 0 Å². The van der Waals surface area contributed by atoms with Crippen LogP contribution in [0.4, 0.5) is 0 Å². The Morgan fingerprint density at radius 1 is 1.19 bits per heavy atom. The van der Waals surface area contributed by atoms with E-state index in [1.54, 1.807) is 19.2 Å². The van der Waals surface area contributed by atoms with Gasteiger partial charge in [-0.05, 0) is 36.8 Å². The lowest BCUT2D eigenvalue weighted by Crippen LogP contribution is -2.22. The van der Waals surface area contributed by atoms with Crippen LogP contribution in [0.1, 0.15) is 23.6 Å². The van der Waals surface area contributed by atoms with Crippen molar-refractivity contribution in [3.8, 4) is 11.5 Å². The molecule has 0 radical (unpaired) electrons. The van der Waals surface area contributed by atoms with Gasteiger partial charge in [-0.1, -0.05) is 12.1 Å². The highest BCUT2D eigenvalue weighted by molar-refractivity contribution is 7.89. The molecule has 0 amide bonds. The van der Waals surface area contributed by atoms with Gasteiger partial charge in [0.2, 0.25) is 10.0 Å². The zero-order valence-electron chi connectivity index (χ0n) is 16.2. The number of methoxy groups -OCH3 is 1. The second-order valence-electron chi connectivity index (χ2n) is 6.94. The molecule has 0 saturated heterocycles. The largest absolute Gasteiger partial charge is 0.497 e. The van der Waals surface area contributed by atoms with Crippen LogP contribution < -0.4 is 14.8 Å². The zero-order chi connectivity index (χ0) is 19.6. The van der Waals surface area contributed by atoms with Crippen molar-refractivity contribution in [2.45, 2.75) is 37.4 Å². The normalized spacial score (nSPS) is 16.3. The quantitative estimate of drug-likeness (QED) is 0.787. The summed E-state index contributed by atoms with van der Waals surface area (Å²) in [5, 5.41) is 3.40. The van der Waals surface area contributed by atoms with Gasteiger partial charge in [0.25, 0.3) is 0 Å². The average Bonchev–Trinajstić information content (AvgIpc) is 3.02. The van der Waals surface area contributed by atoms with Gasteiger partial charge >= 0.3 is 0 Å². The van der Waals surface area contributed by atoms with Gasteiger partial charge in [0.05, 0.1) is 12.0 Å². The van der Waals surface area contributed by atoms with Gasteiger partial charge in [-0.3, -0.25) is 0 Å². The van der Waals surface area contributed by atoms with E-state index >= 15 is 0 Å². The minimum absolute atomic E-state index is 0.178. The van der Waals surface area contributed by atoms with Crippen molar-refractivity contribution in [2.24, 2.45) is 0 Å². The van der Waals surface area contributed by atoms with E-state index in [0.717, 1.165) is 29.0 Å². The molecular formula is C20H26N2O4S. The molecule has 1 aliphatic rings. The van der Waals surface area contributed by atoms with Gasteiger partial charge in [0.1, 0.15) is 17.6 Å². The topological polar surface area (TPSA) is 67.9 Å². The fraction of sp³-hybridized carbons (Fsp3) is 0.400. The molecule has 1 unspecified atom stereocenters. The van der Waals surface area contributed by atoms with Crippen molar-refractivity contribution >= 4 is 10.0 Å². The maximum absolute atomic E-state index is 12.1. The van der Waals surface area contributed by atoms with E-state index in [0.29, 0.717) is 18.0 Å². The summed E-state index contributed by atoms with van der Waals surface area (Å²) in [6.07, 6.45) is 1.07. The summed E-state index contributed by atoms with van der Waals surface area (Å²) in [5.74, 6) is 1.78. The van der Waals surface area contributed by atoms with Crippen molar-refractivity contribution in [3.63, 3.8) is 0 Å². The molecule has 0 aromatic heterocycles. The number of nitrogens with one attached hydrogen (secondary N) is 1. The van der Waals surface area contributed by atoms with Crippen LogP contribution in [0.25, 0.3) is 0 Å². The summed E-state index contributed by atoms with van der Waals surface area (Å²) in [5.41, 5.74) is 3.26. The molecule has 0 saturated carbocycles. The number of sulfonamides is 1. The highest BCUT2D eigenvalue weighted by Gasteiger charge is 2.23. The highest BCUT2D eigenvalue weighted by Crippen LogP contribution is 2.36. The second-order valence-corrected chi connectivity index (χ2v) is 9.09. The van der Waals surface area contributed by atoms with Crippen LogP contribution in [0.2, 0.25) is 0 Å². The van der Waals surface area contributed by atoms with E-state index in [-0.39, 0.29) is 6.10 Å². The van der Waals surface area contributed by atoms with Crippen LogP contribution in [-0.4, -0.2) is 40.0 Å². The molecule has 27 heavy (non-hydrogen) atoms. The number of ether oxygens (including phenoxy) is 2. The molecule has 7 heteroatoms. The van der Waals surface area contributed by atoms with Crippen molar-refractivity contribution in [3.05, 3.63) is 53.1 Å². The third-order valence-electron chi connectivity index (χ3n) is 4.62. The fourth-order valence-electron chi connectivity index (χ4n) is 3.16. The van der Waals surface area contributed by atoms with E-state index < -0.39 is 10.0 Å². The summed E-state index contributed by atoms with van der Waals surface area (Å²) >= 11 is 0. The van der Waals surface area contributed by atoms with Crippen LogP contribution in [0.5, 0.6) is 11.5 Å². The number of hydrogen-bond donors (Lipinski definition) is 1. The lowest BCUT2D eigenvalue weighted by atomic mass is 10.1. The van der Waals surface area contributed by atoms with Crippen LogP contribution in [-0.2, 0) is 29.5 Å². The number of hydrogen-bond acceptors (Lipinski definition) is 5. The summed E-state index contributed by atoms with van der Waals surface area (Å²) in [7, 11) is 1.33. The number of nitrogens with zero attached hydrogens (tertiary/aromatic N) is 1. The Morgan fingerprint density at radius 3 is 2.52 bits per heavy atom. The van der Waals surface area contributed by atoms with Crippen LogP contribution in [0, 0.1) is 0 Å². The Bertz CT molecular complexity index is 908. The number of fused-ring (bicyclic) bond motifs is 1. The Balaban J connectivity index is 1.66. The highest BCUT2D eigenvalue weighted by atomic mass is 32.2. The molecule has 0 aliphatic carbocycles. The Kier molecular flexibility index (Phi) is 5.74. The molecule has 1 N–H and O–H groups in total. The molecule has 2 aromatic carbocycles. The minimum Gasteiger partial charge on any atom is -0.497 e. The minimum atomic E-state index is -3.39. The predicted octanol–water partition coefficient (Wildman–Crippen LogP) is 2.56. The molecule has 1 atom stereocenters. The van der Waals surface area contributed by atoms with E-state index in [1.807, 2.05) is 24.3 Å². The first-order valence-electron chi connectivity index (χ1n) is 8.90. The van der Waals surface area contributed by atoms with Gasteiger partial charge in [-0.2, -0.15) is 0 Å². The van der Waals surface area contributed by atoms with Crippen molar-refractivity contribution < 1.29 is 17.9 Å². The van der Waals surface area contributed by atoms with Gasteiger partial charge in [0, 0.05) is 44.7 Å². The smallest absolute Gasteiger partial charge is 0.242 e. The first kappa shape index (κ1) is 19.7. The number of rotatable bonds is 7. The van der Waals surface area contributed by atoms with Gasteiger partial charge in [-0.25, -0.2) is 12.7 Å². The van der Waals surface area contributed by atoms with Crippen LogP contribution in [0.15, 0.2) is 41.3 Å². The third-order valence-corrected chi connectivity index (χ3v) is 6.45. The Hall–Kier alpha value is -2.09. The molecule has 1 heterocycles. The molecule has 146 valence electrons. The van der Waals surface area contributed by atoms with E-state index in [9.17, 15) is 8.42 Å². The molecule has 2 aromatic rings. The Labute approximate surface area is 161 Å². The average molecular weight is 391 g/mol. The molecule has 3 rings (SSSR count). The van der Waals surface area contributed by atoms with E-state index in [4.69, 9.17) is 9.47 Å². The van der Waals surface area contributed by atoms with Crippen molar-refractivity contribution in [1.29, 1.82) is 0 Å². The standard InChI is InChI=1S/C20H26N2O4S/c1-14-9-16-10-18(25-4)11-17(20(16)26-14)13-21-12-15-5-7-19(8-6-15)27(23,24)22(2)3/h5-8,10-11,14,21H,9,12-13H2,1-4H3. The lowest BCUT2D eigenvalue weighted by Gasteiger charge is -2.13. The molecule has 1 aliphatic heterocycles. The first-order valence-corrected chi connectivity index (χ1v) is 10.3. The van der Waals surface area contributed by atoms with Crippen molar-refractivity contribution in [1.82, 2.24) is 9.62 Å². The molecule has 0 spiro atoms. The van der Waals surface area contributed by atoms with Gasteiger partial charge in [-0.15, -0.1) is 0 Å². The van der Waals surface area contributed by atoms with E-state index in [1.165, 1.54) is 24.0 Å². The van der Waals surface area contributed by atoms with Crippen LogP contribution in [0.3, 0.4) is 0 Å². The first-order chi connectivity index (χ1) is 12.8.